The molecule has 1 aromatic rings. The van der Waals surface area contributed by atoms with Crippen LogP contribution < -0.4 is 4.74 Å². The van der Waals surface area contributed by atoms with E-state index in [2.05, 4.69) is 4.74 Å². The van der Waals surface area contributed by atoms with Crippen molar-refractivity contribution in [2.75, 3.05) is 6.61 Å². The van der Waals surface area contributed by atoms with Gasteiger partial charge in [-0.2, -0.15) is 13.2 Å². The highest BCUT2D eigenvalue weighted by Crippen LogP contribution is 2.35. The zero-order chi connectivity index (χ0) is 11.5. The van der Waals surface area contributed by atoms with Crippen LogP contribution in [0.5, 0.6) is 5.75 Å². The zero-order valence-electron chi connectivity index (χ0n) is 7.41. The highest BCUT2D eigenvalue weighted by Gasteiger charge is 2.34. The Morgan fingerprint density at radius 2 is 1.93 bits per heavy atom. The quantitative estimate of drug-likeness (QED) is 0.849. The summed E-state index contributed by atoms with van der Waals surface area (Å²) in [5.74, 6) is -1.81. The van der Waals surface area contributed by atoms with E-state index < -0.39 is 30.1 Å². The maximum Gasteiger partial charge on any atom is 0.419 e. The van der Waals surface area contributed by atoms with Gasteiger partial charge in [-0.3, -0.25) is 0 Å². The van der Waals surface area contributed by atoms with Crippen molar-refractivity contribution in [1.82, 2.24) is 0 Å². The average molecular weight is 220 g/mol. The van der Waals surface area contributed by atoms with Crippen molar-refractivity contribution >= 4 is 5.97 Å². The van der Waals surface area contributed by atoms with Crippen LogP contribution in [0.3, 0.4) is 0 Å². The number of benzene rings is 1. The predicted octanol–water partition coefficient (Wildman–Crippen LogP) is 2.17. The van der Waals surface area contributed by atoms with Crippen molar-refractivity contribution in [3.05, 3.63) is 29.8 Å². The van der Waals surface area contributed by atoms with Gasteiger partial charge in [-0.15, -0.1) is 0 Å². The maximum atomic E-state index is 12.3. The number of alkyl halides is 3. The molecule has 0 unspecified atom stereocenters. The number of rotatable bonds is 3. The Bertz CT molecular complexity index is 360. The van der Waals surface area contributed by atoms with E-state index in [9.17, 15) is 18.0 Å². The summed E-state index contributed by atoms with van der Waals surface area (Å²) < 4.78 is 41.5. The lowest BCUT2D eigenvalue weighted by Crippen LogP contribution is -2.13. The molecule has 3 nitrogen and oxygen atoms in total. The first kappa shape index (κ1) is 11.4. The average Bonchev–Trinajstić information content (AvgIpc) is 2.13. The number of carbonyl (C=O) groups is 1. The molecule has 15 heavy (non-hydrogen) atoms. The Labute approximate surface area is 83.1 Å². The molecule has 82 valence electrons. The Morgan fingerprint density at radius 3 is 2.47 bits per heavy atom. The molecule has 0 saturated heterocycles. The second-order valence-corrected chi connectivity index (χ2v) is 2.68. The number of para-hydroxylation sites is 1. The number of carboxylic acid groups (broad SMARTS) is 1. The molecule has 0 aliphatic heterocycles. The fourth-order valence-electron chi connectivity index (χ4n) is 0.966. The minimum atomic E-state index is -4.55. The Balaban J connectivity index is 2.92. The molecule has 0 saturated carbocycles. The van der Waals surface area contributed by atoms with Gasteiger partial charge in [0.25, 0.3) is 0 Å². The zero-order valence-corrected chi connectivity index (χ0v) is 7.41. The van der Waals surface area contributed by atoms with Crippen molar-refractivity contribution < 1.29 is 27.8 Å². The third-order valence-corrected chi connectivity index (χ3v) is 1.54. The van der Waals surface area contributed by atoms with Gasteiger partial charge in [0.15, 0.2) is 6.61 Å². The van der Waals surface area contributed by atoms with Gasteiger partial charge in [0.1, 0.15) is 5.75 Å². The Hall–Kier alpha value is -1.72. The largest absolute Gasteiger partial charge is 0.481 e. The van der Waals surface area contributed by atoms with Crippen LogP contribution >= 0.6 is 0 Å². The molecule has 0 fully saturated rings. The standard InChI is InChI=1S/C9H7F3O3/c10-9(11,12)6-3-1-2-4-7(6)15-5-8(13)14/h1-4H,5H2,(H,13,14). The summed E-state index contributed by atoms with van der Waals surface area (Å²) in [4.78, 5) is 10.1. The van der Waals surface area contributed by atoms with Crippen molar-refractivity contribution in [3.8, 4) is 5.75 Å². The van der Waals surface area contributed by atoms with Gasteiger partial charge in [-0.1, -0.05) is 12.1 Å². The molecule has 1 N–H and O–H groups in total. The number of hydrogen-bond acceptors (Lipinski definition) is 2. The van der Waals surface area contributed by atoms with Crippen LogP contribution in [0.4, 0.5) is 13.2 Å². The minimum absolute atomic E-state index is 0.479. The third kappa shape index (κ3) is 3.16. The van der Waals surface area contributed by atoms with E-state index in [-0.39, 0.29) is 0 Å². The molecular formula is C9H7F3O3. The summed E-state index contributed by atoms with van der Waals surface area (Å²) in [7, 11) is 0. The van der Waals surface area contributed by atoms with Crippen molar-refractivity contribution in [2.24, 2.45) is 0 Å². The minimum Gasteiger partial charge on any atom is -0.481 e. The van der Waals surface area contributed by atoms with Crippen molar-refractivity contribution in [1.29, 1.82) is 0 Å². The number of halogens is 3. The van der Waals surface area contributed by atoms with E-state index in [4.69, 9.17) is 5.11 Å². The molecule has 0 atom stereocenters. The summed E-state index contributed by atoms with van der Waals surface area (Å²) >= 11 is 0. The first-order chi connectivity index (χ1) is 6.91. The molecular weight excluding hydrogens is 213 g/mol. The lowest BCUT2D eigenvalue weighted by atomic mass is 10.2. The number of carboxylic acids is 1. The fraction of sp³-hybridized carbons (Fsp3) is 0.222. The molecule has 0 heterocycles. The molecule has 1 rings (SSSR count). The van der Waals surface area contributed by atoms with E-state index in [1.165, 1.54) is 12.1 Å². The highest BCUT2D eigenvalue weighted by molar-refractivity contribution is 5.68. The van der Waals surface area contributed by atoms with Gasteiger partial charge < -0.3 is 9.84 Å². The second-order valence-electron chi connectivity index (χ2n) is 2.68. The van der Waals surface area contributed by atoms with Gasteiger partial charge in [0.2, 0.25) is 0 Å². The van der Waals surface area contributed by atoms with Crippen molar-refractivity contribution in [3.63, 3.8) is 0 Å². The van der Waals surface area contributed by atoms with E-state index >= 15 is 0 Å². The lowest BCUT2D eigenvalue weighted by molar-refractivity contribution is -0.143. The Morgan fingerprint density at radius 1 is 1.33 bits per heavy atom. The smallest absolute Gasteiger partial charge is 0.419 e. The lowest BCUT2D eigenvalue weighted by Gasteiger charge is -2.12. The summed E-state index contributed by atoms with van der Waals surface area (Å²) in [6, 6.07) is 4.45. The maximum absolute atomic E-state index is 12.3. The highest BCUT2D eigenvalue weighted by atomic mass is 19.4. The van der Waals surface area contributed by atoms with Crippen molar-refractivity contribution in [2.45, 2.75) is 6.18 Å². The topological polar surface area (TPSA) is 46.5 Å². The normalized spacial score (nSPS) is 11.1. The first-order valence-electron chi connectivity index (χ1n) is 3.92. The first-order valence-corrected chi connectivity index (χ1v) is 3.92. The SMILES string of the molecule is O=C(O)COc1ccccc1C(F)(F)F. The predicted molar refractivity (Wildman–Crippen MR) is 44.6 cm³/mol. The van der Waals surface area contributed by atoms with E-state index in [1.807, 2.05) is 0 Å². The van der Waals surface area contributed by atoms with Gasteiger partial charge in [0.05, 0.1) is 5.56 Å². The monoisotopic (exact) mass is 220 g/mol. The van der Waals surface area contributed by atoms with Crippen LogP contribution in [0.25, 0.3) is 0 Å². The summed E-state index contributed by atoms with van der Waals surface area (Å²) in [6.45, 7) is -0.799. The molecule has 0 aliphatic rings. The fourth-order valence-corrected chi connectivity index (χ4v) is 0.966. The Kier molecular flexibility index (Phi) is 3.18. The molecule has 6 heteroatoms. The van der Waals surface area contributed by atoms with Gasteiger partial charge in [-0.05, 0) is 12.1 Å². The molecule has 1 aromatic carbocycles. The number of hydrogen-bond donors (Lipinski definition) is 1. The number of aliphatic carboxylic acids is 1. The van der Waals surface area contributed by atoms with Gasteiger partial charge in [0, 0.05) is 0 Å². The second kappa shape index (κ2) is 4.20. The van der Waals surface area contributed by atoms with E-state index in [0.29, 0.717) is 0 Å². The van der Waals surface area contributed by atoms with Crippen LogP contribution in [-0.4, -0.2) is 17.7 Å². The van der Waals surface area contributed by atoms with Crippen LogP contribution in [0.15, 0.2) is 24.3 Å². The molecule has 0 amide bonds. The van der Waals surface area contributed by atoms with Gasteiger partial charge in [-0.25, -0.2) is 4.79 Å². The number of ether oxygens (including phenoxy) is 1. The van der Waals surface area contributed by atoms with E-state index in [1.54, 1.807) is 0 Å². The molecule has 0 aliphatic carbocycles. The van der Waals surface area contributed by atoms with Crippen LogP contribution in [0, 0.1) is 0 Å². The third-order valence-electron chi connectivity index (χ3n) is 1.54. The molecule has 0 spiro atoms. The summed E-state index contributed by atoms with van der Waals surface area (Å²) in [6.07, 6.45) is -4.55. The van der Waals surface area contributed by atoms with Crippen LogP contribution in [-0.2, 0) is 11.0 Å². The summed E-state index contributed by atoms with van der Waals surface area (Å²) in [5.41, 5.74) is -0.980. The van der Waals surface area contributed by atoms with Gasteiger partial charge >= 0.3 is 12.1 Å². The summed E-state index contributed by atoms with van der Waals surface area (Å²) in [5, 5.41) is 8.26. The molecule has 0 radical (unpaired) electrons. The molecule has 0 bridgehead atoms. The van der Waals surface area contributed by atoms with E-state index in [0.717, 1.165) is 12.1 Å². The van der Waals surface area contributed by atoms with Crippen LogP contribution in [0.2, 0.25) is 0 Å². The van der Waals surface area contributed by atoms with Crippen LogP contribution in [0.1, 0.15) is 5.56 Å². The molecule has 0 aromatic heterocycles.